The van der Waals surface area contributed by atoms with E-state index in [9.17, 15) is 18.0 Å². The number of aromatic nitrogens is 1. The van der Waals surface area contributed by atoms with Crippen LogP contribution in [0.25, 0.3) is 0 Å². The van der Waals surface area contributed by atoms with Gasteiger partial charge in [0.2, 0.25) is 21.5 Å². The van der Waals surface area contributed by atoms with Crippen LogP contribution in [-0.4, -0.2) is 31.6 Å². The molecule has 1 heterocycles. The standard InChI is InChI=1S/C17H21N3O4S/c1-11-10-15(21)18-12(2)16(11)19-17(22)13(3)20(25(4,23)24)14-8-6-5-7-9-14/h5-10,13H,1-4H3,(H,18,21)(H,19,22). The zero-order valence-corrected chi connectivity index (χ0v) is 15.3. The highest BCUT2D eigenvalue weighted by atomic mass is 32.2. The van der Waals surface area contributed by atoms with E-state index in [2.05, 4.69) is 10.3 Å². The molecule has 0 fully saturated rings. The molecular formula is C17H21N3O4S. The van der Waals surface area contributed by atoms with Crippen molar-refractivity contribution in [1.29, 1.82) is 0 Å². The van der Waals surface area contributed by atoms with E-state index in [1.165, 1.54) is 13.0 Å². The van der Waals surface area contributed by atoms with E-state index in [1.54, 1.807) is 44.2 Å². The predicted molar refractivity (Wildman–Crippen MR) is 98.4 cm³/mol. The van der Waals surface area contributed by atoms with Gasteiger partial charge in [0.15, 0.2) is 0 Å². The van der Waals surface area contributed by atoms with Gasteiger partial charge in [-0.2, -0.15) is 0 Å². The lowest BCUT2D eigenvalue weighted by molar-refractivity contribution is -0.116. The van der Waals surface area contributed by atoms with Gasteiger partial charge in [-0.3, -0.25) is 13.9 Å². The molecule has 25 heavy (non-hydrogen) atoms. The Morgan fingerprint density at radius 1 is 1.20 bits per heavy atom. The first-order valence-electron chi connectivity index (χ1n) is 7.67. The zero-order chi connectivity index (χ0) is 18.8. The molecule has 0 radical (unpaired) electrons. The van der Waals surface area contributed by atoms with Crippen LogP contribution in [0.5, 0.6) is 0 Å². The first-order valence-corrected chi connectivity index (χ1v) is 9.52. The molecule has 0 spiro atoms. The second-order valence-electron chi connectivity index (χ2n) is 5.88. The lowest BCUT2D eigenvalue weighted by atomic mass is 10.2. The smallest absolute Gasteiger partial charge is 0.248 e. The van der Waals surface area contributed by atoms with Crippen LogP contribution in [0.15, 0.2) is 41.2 Å². The lowest BCUT2D eigenvalue weighted by Crippen LogP contribution is -2.45. The van der Waals surface area contributed by atoms with E-state index < -0.39 is 22.0 Å². The molecule has 134 valence electrons. The monoisotopic (exact) mass is 363 g/mol. The van der Waals surface area contributed by atoms with Crippen LogP contribution in [0.2, 0.25) is 0 Å². The molecule has 1 amide bonds. The molecule has 1 aromatic heterocycles. The van der Waals surface area contributed by atoms with Gasteiger partial charge >= 0.3 is 0 Å². The number of para-hydroxylation sites is 1. The minimum atomic E-state index is -3.67. The Balaban J connectivity index is 2.36. The van der Waals surface area contributed by atoms with Crippen molar-refractivity contribution in [2.75, 3.05) is 15.9 Å². The van der Waals surface area contributed by atoms with Crippen LogP contribution in [-0.2, 0) is 14.8 Å². The van der Waals surface area contributed by atoms with Crippen molar-refractivity contribution in [2.24, 2.45) is 0 Å². The van der Waals surface area contributed by atoms with Crippen LogP contribution in [0, 0.1) is 13.8 Å². The molecule has 2 aromatic rings. The Morgan fingerprint density at radius 2 is 1.80 bits per heavy atom. The number of nitrogens with zero attached hydrogens (tertiary/aromatic N) is 1. The fourth-order valence-corrected chi connectivity index (χ4v) is 3.83. The molecular weight excluding hydrogens is 342 g/mol. The molecule has 1 atom stereocenters. The lowest BCUT2D eigenvalue weighted by Gasteiger charge is -2.28. The van der Waals surface area contributed by atoms with Gasteiger partial charge in [-0.25, -0.2) is 8.42 Å². The van der Waals surface area contributed by atoms with Gasteiger partial charge in [0.1, 0.15) is 6.04 Å². The number of aryl methyl sites for hydroxylation is 2. The third kappa shape index (κ3) is 4.27. The summed E-state index contributed by atoms with van der Waals surface area (Å²) in [7, 11) is -3.67. The molecule has 0 aliphatic rings. The third-order valence-electron chi connectivity index (χ3n) is 3.78. The van der Waals surface area contributed by atoms with Crippen molar-refractivity contribution >= 4 is 27.3 Å². The Bertz CT molecular complexity index is 910. The maximum Gasteiger partial charge on any atom is 0.248 e. The van der Waals surface area contributed by atoms with Crippen LogP contribution in [0.1, 0.15) is 18.2 Å². The molecule has 1 unspecified atom stereocenters. The van der Waals surface area contributed by atoms with Crippen LogP contribution >= 0.6 is 0 Å². The first kappa shape index (κ1) is 18.7. The average Bonchev–Trinajstić information content (AvgIpc) is 2.50. The summed E-state index contributed by atoms with van der Waals surface area (Å²) in [6.07, 6.45) is 1.06. The Hall–Kier alpha value is -2.61. The van der Waals surface area contributed by atoms with Crippen molar-refractivity contribution in [1.82, 2.24) is 4.98 Å². The first-order chi connectivity index (χ1) is 11.6. The summed E-state index contributed by atoms with van der Waals surface area (Å²) in [5.74, 6) is -0.493. The fourth-order valence-electron chi connectivity index (χ4n) is 2.65. The number of nitrogens with one attached hydrogen (secondary N) is 2. The predicted octanol–water partition coefficient (Wildman–Crippen LogP) is 1.78. The van der Waals surface area contributed by atoms with Crippen LogP contribution < -0.4 is 15.2 Å². The quantitative estimate of drug-likeness (QED) is 0.846. The van der Waals surface area contributed by atoms with E-state index >= 15 is 0 Å². The van der Waals surface area contributed by atoms with Crippen molar-refractivity contribution in [3.63, 3.8) is 0 Å². The van der Waals surface area contributed by atoms with E-state index in [1.807, 2.05) is 0 Å². The normalized spacial score (nSPS) is 12.5. The summed E-state index contributed by atoms with van der Waals surface area (Å²) in [5.41, 5.74) is 1.73. The minimum Gasteiger partial charge on any atom is -0.324 e. The second-order valence-corrected chi connectivity index (χ2v) is 7.74. The number of amides is 1. The second kappa shape index (κ2) is 7.10. The zero-order valence-electron chi connectivity index (χ0n) is 14.5. The van der Waals surface area contributed by atoms with Crippen molar-refractivity contribution in [3.05, 3.63) is 58.0 Å². The van der Waals surface area contributed by atoms with E-state index in [-0.39, 0.29) is 5.56 Å². The molecule has 0 aliphatic heterocycles. The Kier molecular flexibility index (Phi) is 5.32. The number of H-pyrrole nitrogens is 1. The summed E-state index contributed by atoms with van der Waals surface area (Å²) in [6, 6.07) is 8.83. The molecule has 2 N–H and O–H groups in total. The number of hydrogen-bond donors (Lipinski definition) is 2. The number of sulfonamides is 1. The highest BCUT2D eigenvalue weighted by Crippen LogP contribution is 2.22. The van der Waals surface area contributed by atoms with E-state index in [0.29, 0.717) is 22.6 Å². The Labute approximate surface area is 146 Å². The molecule has 0 aliphatic carbocycles. The SMILES string of the molecule is Cc1cc(=O)[nH]c(C)c1NC(=O)C(C)N(c1ccccc1)S(C)(=O)=O. The molecule has 8 heteroatoms. The van der Waals surface area contributed by atoms with Gasteiger partial charge in [-0.15, -0.1) is 0 Å². The van der Waals surface area contributed by atoms with Crippen molar-refractivity contribution in [2.45, 2.75) is 26.8 Å². The van der Waals surface area contributed by atoms with E-state index in [4.69, 9.17) is 0 Å². The maximum atomic E-state index is 12.7. The molecule has 7 nitrogen and oxygen atoms in total. The number of benzene rings is 1. The number of carbonyl (C=O) groups is 1. The summed E-state index contributed by atoms with van der Waals surface area (Å²) in [6.45, 7) is 4.88. The summed E-state index contributed by atoms with van der Waals surface area (Å²) >= 11 is 0. The van der Waals surface area contributed by atoms with Gasteiger partial charge in [-0.1, -0.05) is 18.2 Å². The number of hydrogen-bond acceptors (Lipinski definition) is 4. The summed E-state index contributed by atoms with van der Waals surface area (Å²) < 4.78 is 25.5. The highest BCUT2D eigenvalue weighted by molar-refractivity contribution is 7.92. The number of rotatable bonds is 5. The van der Waals surface area contributed by atoms with E-state index in [0.717, 1.165) is 10.6 Å². The minimum absolute atomic E-state index is 0.261. The van der Waals surface area contributed by atoms with Crippen LogP contribution in [0.4, 0.5) is 11.4 Å². The maximum absolute atomic E-state index is 12.7. The van der Waals surface area contributed by atoms with Gasteiger partial charge in [0.25, 0.3) is 0 Å². The fraction of sp³-hybridized carbons (Fsp3) is 0.294. The highest BCUT2D eigenvalue weighted by Gasteiger charge is 2.29. The van der Waals surface area contributed by atoms with Gasteiger partial charge in [0.05, 0.1) is 17.6 Å². The van der Waals surface area contributed by atoms with Crippen molar-refractivity contribution < 1.29 is 13.2 Å². The molecule has 0 saturated carbocycles. The molecule has 0 saturated heterocycles. The largest absolute Gasteiger partial charge is 0.324 e. The number of aromatic amines is 1. The Morgan fingerprint density at radius 3 is 2.32 bits per heavy atom. The topological polar surface area (TPSA) is 99.3 Å². The van der Waals surface area contributed by atoms with Crippen LogP contribution in [0.3, 0.4) is 0 Å². The average molecular weight is 363 g/mol. The van der Waals surface area contributed by atoms with Gasteiger partial charge in [-0.05, 0) is 38.5 Å². The third-order valence-corrected chi connectivity index (χ3v) is 5.02. The molecule has 2 rings (SSSR count). The summed E-state index contributed by atoms with van der Waals surface area (Å²) in [5, 5.41) is 2.71. The summed E-state index contributed by atoms with van der Waals surface area (Å²) in [4.78, 5) is 26.7. The number of carbonyl (C=O) groups excluding carboxylic acids is 1. The van der Waals surface area contributed by atoms with Gasteiger partial charge < -0.3 is 10.3 Å². The van der Waals surface area contributed by atoms with Crippen molar-refractivity contribution in [3.8, 4) is 0 Å². The molecule has 1 aromatic carbocycles. The van der Waals surface area contributed by atoms with Gasteiger partial charge in [0, 0.05) is 11.8 Å². The number of anilines is 2. The molecule has 0 bridgehead atoms. The number of pyridine rings is 1.